The fraction of sp³-hybridized carbons (Fsp3) is 0.529. The van der Waals surface area contributed by atoms with Crippen LogP contribution in [0, 0.1) is 6.92 Å². The molecule has 6 nitrogen and oxygen atoms in total. The Balaban J connectivity index is 1.53. The molecule has 0 saturated carbocycles. The van der Waals surface area contributed by atoms with Crippen molar-refractivity contribution >= 4 is 17.2 Å². The molecular formula is C17H21N5OS. The molecule has 0 aliphatic carbocycles. The maximum absolute atomic E-state index is 13.0. The Morgan fingerprint density at radius 2 is 2.04 bits per heavy atom. The number of carbonyl (C=O) groups is 1. The van der Waals surface area contributed by atoms with Gasteiger partial charge in [-0.2, -0.15) is 0 Å². The lowest BCUT2D eigenvalue weighted by Gasteiger charge is -2.43. The van der Waals surface area contributed by atoms with Crippen LogP contribution in [-0.2, 0) is 0 Å². The van der Waals surface area contributed by atoms with E-state index in [0.717, 1.165) is 30.2 Å². The standard InChI is InChI=1S/C17H21N5OS/c1-12-14(24-16(20-12)15-18-6-4-7-19-15)17(23)22-10-9-21-8-3-2-5-13(21)11-22/h4,6-7,13H,2-3,5,8-11H2,1H3/t13-/m0/s1. The average Bonchev–Trinajstić information content (AvgIpc) is 3.03. The second-order valence-electron chi connectivity index (χ2n) is 6.44. The lowest BCUT2D eigenvalue weighted by molar-refractivity contribution is 0.0375. The predicted molar refractivity (Wildman–Crippen MR) is 93.0 cm³/mol. The van der Waals surface area contributed by atoms with Gasteiger partial charge < -0.3 is 4.90 Å². The minimum absolute atomic E-state index is 0.109. The second-order valence-corrected chi connectivity index (χ2v) is 7.44. The molecule has 0 radical (unpaired) electrons. The summed E-state index contributed by atoms with van der Waals surface area (Å²) >= 11 is 1.40. The summed E-state index contributed by atoms with van der Waals surface area (Å²) in [6, 6.07) is 2.31. The van der Waals surface area contributed by atoms with Gasteiger partial charge >= 0.3 is 0 Å². The third kappa shape index (κ3) is 2.93. The van der Waals surface area contributed by atoms with Gasteiger partial charge in [0.05, 0.1) is 5.69 Å². The van der Waals surface area contributed by atoms with Crippen LogP contribution in [0.5, 0.6) is 0 Å². The third-order valence-electron chi connectivity index (χ3n) is 4.87. The van der Waals surface area contributed by atoms with Crippen molar-refractivity contribution in [3.8, 4) is 10.8 Å². The van der Waals surface area contributed by atoms with E-state index < -0.39 is 0 Å². The van der Waals surface area contributed by atoms with Crippen LogP contribution < -0.4 is 0 Å². The molecule has 0 N–H and O–H groups in total. The number of fused-ring (bicyclic) bond motifs is 1. The van der Waals surface area contributed by atoms with E-state index in [4.69, 9.17) is 0 Å². The van der Waals surface area contributed by atoms with Crippen molar-refractivity contribution < 1.29 is 4.79 Å². The number of aryl methyl sites for hydroxylation is 1. The summed E-state index contributed by atoms with van der Waals surface area (Å²) in [5.74, 6) is 0.694. The molecule has 24 heavy (non-hydrogen) atoms. The van der Waals surface area contributed by atoms with Gasteiger partial charge in [0.25, 0.3) is 5.91 Å². The van der Waals surface area contributed by atoms with E-state index >= 15 is 0 Å². The van der Waals surface area contributed by atoms with Gasteiger partial charge in [0.2, 0.25) is 0 Å². The van der Waals surface area contributed by atoms with Gasteiger partial charge in [-0.15, -0.1) is 11.3 Å². The summed E-state index contributed by atoms with van der Waals surface area (Å²) in [7, 11) is 0. The second kappa shape index (κ2) is 6.57. The van der Waals surface area contributed by atoms with Crippen molar-refractivity contribution in [2.45, 2.75) is 32.2 Å². The van der Waals surface area contributed by atoms with Crippen molar-refractivity contribution in [2.75, 3.05) is 26.2 Å². The van der Waals surface area contributed by atoms with Crippen molar-refractivity contribution in [3.63, 3.8) is 0 Å². The number of aromatic nitrogens is 3. The maximum Gasteiger partial charge on any atom is 0.265 e. The van der Waals surface area contributed by atoms with Crippen molar-refractivity contribution in [3.05, 3.63) is 29.0 Å². The minimum Gasteiger partial charge on any atom is -0.335 e. The number of amides is 1. The molecule has 2 saturated heterocycles. The molecule has 2 aliphatic heterocycles. The molecule has 0 unspecified atom stereocenters. The highest BCUT2D eigenvalue weighted by molar-refractivity contribution is 7.17. The Kier molecular flexibility index (Phi) is 4.28. The molecule has 7 heteroatoms. The topological polar surface area (TPSA) is 62.2 Å². The number of nitrogens with zero attached hydrogens (tertiary/aromatic N) is 5. The van der Waals surface area contributed by atoms with E-state index in [0.29, 0.717) is 16.9 Å². The summed E-state index contributed by atoms with van der Waals surface area (Å²) in [6.45, 7) is 5.72. The highest BCUT2D eigenvalue weighted by atomic mass is 32.1. The van der Waals surface area contributed by atoms with Gasteiger partial charge in [-0.1, -0.05) is 6.42 Å². The molecule has 0 spiro atoms. The molecule has 1 amide bonds. The van der Waals surface area contributed by atoms with Crippen LogP contribution in [0.15, 0.2) is 18.5 Å². The number of piperidine rings is 1. The number of carbonyl (C=O) groups excluding carboxylic acids is 1. The number of piperazine rings is 1. The Hall–Kier alpha value is -1.86. The van der Waals surface area contributed by atoms with Crippen molar-refractivity contribution in [1.82, 2.24) is 24.8 Å². The lowest BCUT2D eigenvalue weighted by Crippen LogP contribution is -2.56. The molecular weight excluding hydrogens is 322 g/mol. The summed E-state index contributed by atoms with van der Waals surface area (Å²) in [5.41, 5.74) is 0.776. The van der Waals surface area contributed by atoms with Crippen LogP contribution in [-0.4, -0.2) is 62.9 Å². The van der Waals surface area contributed by atoms with Gasteiger partial charge in [-0.3, -0.25) is 9.69 Å². The Morgan fingerprint density at radius 3 is 2.88 bits per heavy atom. The number of rotatable bonds is 2. The van der Waals surface area contributed by atoms with Crippen LogP contribution >= 0.6 is 11.3 Å². The van der Waals surface area contributed by atoms with Gasteiger partial charge in [-0.25, -0.2) is 15.0 Å². The Morgan fingerprint density at radius 1 is 1.21 bits per heavy atom. The van der Waals surface area contributed by atoms with E-state index in [1.54, 1.807) is 18.5 Å². The van der Waals surface area contributed by atoms with E-state index in [1.807, 2.05) is 11.8 Å². The predicted octanol–water partition coefficient (Wildman–Crippen LogP) is 2.22. The first-order valence-corrected chi connectivity index (χ1v) is 9.32. The molecule has 4 heterocycles. The highest BCUT2D eigenvalue weighted by Crippen LogP contribution is 2.28. The van der Waals surface area contributed by atoms with Gasteiger partial charge in [0.1, 0.15) is 4.88 Å². The van der Waals surface area contributed by atoms with Gasteiger partial charge in [0.15, 0.2) is 10.8 Å². The zero-order valence-corrected chi connectivity index (χ0v) is 14.6. The molecule has 2 aliphatic rings. The van der Waals surface area contributed by atoms with Crippen LogP contribution in [0.25, 0.3) is 10.8 Å². The van der Waals surface area contributed by atoms with Gasteiger partial charge in [-0.05, 0) is 32.4 Å². The first-order chi connectivity index (χ1) is 11.7. The summed E-state index contributed by atoms with van der Waals surface area (Å²) < 4.78 is 0. The smallest absolute Gasteiger partial charge is 0.265 e. The third-order valence-corrected chi connectivity index (χ3v) is 6.01. The molecule has 2 fully saturated rings. The van der Waals surface area contributed by atoms with Crippen LogP contribution in [0.1, 0.15) is 34.6 Å². The molecule has 4 rings (SSSR count). The van der Waals surface area contributed by atoms with Crippen molar-refractivity contribution in [1.29, 1.82) is 0 Å². The summed E-state index contributed by atoms with van der Waals surface area (Å²) in [6.07, 6.45) is 7.16. The van der Waals surface area contributed by atoms with E-state index in [1.165, 1.54) is 37.1 Å². The molecule has 2 aromatic heterocycles. The number of thiazole rings is 1. The number of hydrogen-bond donors (Lipinski definition) is 0. The summed E-state index contributed by atoms with van der Waals surface area (Å²) in [4.78, 5) is 31.2. The SMILES string of the molecule is Cc1nc(-c2ncccn2)sc1C(=O)N1CCN2CCCC[C@H]2C1. The van der Waals surface area contributed by atoms with E-state index in [-0.39, 0.29) is 5.91 Å². The normalized spacial score (nSPS) is 21.5. The molecule has 0 bridgehead atoms. The quantitative estimate of drug-likeness (QED) is 0.837. The molecule has 126 valence electrons. The van der Waals surface area contributed by atoms with Crippen LogP contribution in [0.3, 0.4) is 0 Å². The monoisotopic (exact) mass is 343 g/mol. The van der Waals surface area contributed by atoms with E-state index in [9.17, 15) is 4.79 Å². The first kappa shape index (κ1) is 15.7. The first-order valence-electron chi connectivity index (χ1n) is 8.50. The fourth-order valence-electron chi connectivity index (χ4n) is 3.58. The minimum atomic E-state index is 0.109. The van der Waals surface area contributed by atoms with Crippen molar-refractivity contribution in [2.24, 2.45) is 0 Å². The zero-order valence-electron chi connectivity index (χ0n) is 13.8. The Labute approximate surface area is 145 Å². The molecule has 1 atom stereocenters. The maximum atomic E-state index is 13.0. The Bertz CT molecular complexity index is 732. The largest absolute Gasteiger partial charge is 0.335 e. The fourth-order valence-corrected chi connectivity index (χ4v) is 4.57. The lowest BCUT2D eigenvalue weighted by atomic mass is 9.99. The summed E-state index contributed by atoms with van der Waals surface area (Å²) in [5, 5.41) is 0.716. The number of hydrogen-bond acceptors (Lipinski definition) is 6. The average molecular weight is 343 g/mol. The van der Waals surface area contributed by atoms with Crippen LogP contribution in [0.4, 0.5) is 0 Å². The van der Waals surface area contributed by atoms with E-state index in [2.05, 4.69) is 19.9 Å². The highest BCUT2D eigenvalue weighted by Gasteiger charge is 2.32. The zero-order chi connectivity index (χ0) is 16.5. The molecule has 2 aromatic rings. The van der Waals surface area contributed by atoms with Gasteiger partial charge in [0, 0.05) is 38.1 Å². The molecule has 0 aromatic carbocycles. The van der Waals surface area contributed by atoms with Crippen LogP contribution in [0.2, 0.25) is 0 Å².